The quantitative estimate of drug-likeness (QED) is 0.589. The number of benzene rings is 3. The molecule has 0 bridgehead atoms. The van der Waals surface area contributed by atoms with Gasteiger partial charge in [0.1, 0.15) is 11.4 Å². The number of nitrogens with one attached hydrogen (secondary N) is 1. The summed E-state index contributed by atoms with van der Waals surface area (Å²) in [4.78, 5) is 30.2. The first-order chi connectivity index (χ1) is 15.4. The van der Waals surface area contributed by atoms with Gasteiger partial charge in [-0.2, -0.15) is 0 Å². The lowest BCUT2D eigenvalue weighted by Crippen LogP contribution is -2.32. The highest BCUT2D eigenvalue weighted by atomic mass is 16.5. The van der Waals surface area contributed by atoms with Crippen LogP contribution in [0.1, 0.15) is 11.1 Å². The summed E-state index contributed by atoms with van der Waals surface area (Å²) in [6, 6.07) is 22.2. The minimum absolute atomic E-state index is 0.224. The van der Waals surface area contributed by atoms with E-state index in [1.54, 1.807) is 19.2 Å². The summed E-state index contributed by atoms with van der Waals surface area (Å²) in [5, 5.41) is 3.19. The van der Waals surface area contributed by atoms with Crippen molar-refractivity contribution in [2.75, 3.05) is 36.3 Å². The summed E-state index contributed by atoms with van der Waals surface area (Å²) in [6.07, 6.45) is 0. The number of nitrogens with zero attached hydrogens (tertiary/aromatic N) is 2. The van der Waals surface area contributed by atoms with Crippen LogP contribution in [0.5, 0.6) is 5.75 Å². The molecule has 1 aliphatic heterocycles. The molecule has 162 valence electrons. The molecular weight excluding hydrogens is 402 g/mol. The number of ether oxygens (including phenoxy) is 1. The van der Waals surface area contributed by atoms with Crippen LogP contribution in [0.4, 0.5) is 17.1 Å². The molecule has 1 N–H and O–H groups in total. The van der Waals surface area contributed by atoms with Gasteiger partial charge in [0.15, 0.2) is 0 Å². The maximum absolute atomic E-state index is 13.5. The number of carbonyl (C=O) groups excluding carboxylic acids is 2. The molecule has 0 unspecified atom stereocenters. The van der Waals surface area contributed by atoms with Crippen LogP contribution in [-0.2, 0) is 9.59 Å². The first kappa shape index (κ1) is 21.2. The summed E-state index contributed by atoms with van der Waals surface area (Å²) in [5.74, 6) is -0.188. The van der Waals surface area contributed by atoms with Crippen molar-refractivity contribution in [2.45, 2.75) is 6.92 Å². The van der Waals surface area contributed by atoms with Gasteiger partial charge in [0.25, 0.3) is 11.8 Å². The highest BCUT2D eigenvalue weighted by Gasteiger charge is 2.40. The number of aryl methyl sites for hydroxylation is 1. The fraction of sp³-hybridized carbons (Fsp3) is 0.154. The molecule has 1 aliphatic rings. The van der Waals surface area contributed by atoms with E-state index < -0.39 is 5.91 Å². The predicted molar refractivity (Wildman–Crippen MR) is 128 cm³/mol. The molecule has 0 saturated carbocycles. The molecule has 0 atom stereocenters. The first-order valence-corrected chi connectivity index (χ1v) is 10.3. The molecule has 32 heavy (non-hydrogen) atoms. The fourth-order valence-electron chi connectivity index (χ4n) is 3.71. The van der Waals surface area contributed by atoms with E-state index in [2.05, 4.69) is 5.32 Å². The van der Waals surface area contributed by atoms with E-state index in [4.69, 9.17) is 4.74 Å². The number of amides is 2. The summed E-state index contributed by atoms with van der Waals surface area (Å²) >= 11 is 0. The maximum Gasteiger partial charge on any atom is 0.282 e. The van der Waals surface area contributed by atoms with Crippen molar-refractivity contribution in [3.05, 3.63) is 89.6 Å². The van der Waals surface area contributed by atoms with Crippen molar-refractivity contribution < 1.29 is 14.3 Å². The first-order valence-electron chi connectivity index (χ1n) is 10.3. The molecule has 3 aromatic carbocycles. The van der Waals surface area contributed by atoms with Crippen LogP contribution < -0.4 is 19.9 Å². The summed E-state index contributed by atoms with van der Waals surface area (Å²) < 4.78 is 5.46. The number of hydrogen-bond acceptors (Lipinski definition) is 5. The van der Waals surface area contributed by atoms with Gasteiger partial charge in [0, 0.05) is 19.8 Å². The van der Waals surface area contributed by atoms with Crippen molar-refractivity contribution >= 4 is 34.4 Å². The number of rotatable bonds is 6. The van der Waals surface area contributed by atoms with Gasteiger partial charge in [0.2, 0.25) is 0 Å². The second kappa shape index (κ2) is 8.59. The van der Waals surface area contributed by atoms with Gasteiger partial charge in [-0.15, -0.1) is 0 Å². The van der Waals surface area contributed by atoms with Gasteiger partial charge >= 0.3 is 0 Å². The average molecular weight is 428 g/mol. The van der Waals surface area contributed by atoms with E-state index in [0.29, 0.717) is 28.3 Å². The van der Waals surface area contributed by atoms with Crippen LogP contribution in [0.25, 0.3) is 5.57 Å². The Morgan fingerprint density at radius 2 is 1.56 bits per heavy atom. The lowest BCUT2D eigenvalue weighted by Gasteiger charge is -2.18. The van der Waals surface area contributed by atoms with E-state index in [9.17, 15) is 9.59 Å². The lowest BCUT2D eigenvalue weighted by molar-refractivity contribution is -0.120. The molecule has 0 saturated heterocycles. The minimum Gasteiger partial charge on any atom is -0.495 e. The third-order valence-electron chi connectivity index (χ3n) is 5.39. The smallest absolute Gasteiger partial charge is 0.282 e. The number of hydrogen-bond donors (Lipinski definition) is 1. The highest BCUT2D eigenvalue weighted by Crippen LogP contribution is 2.36. The van der Waals surface area contributed by atoms with E-state index >= 15 is 0 Å². The maximum atomic E-state index is 13.5. The van der Waals surface area contributed by atoms with Crippen molar-refractivity contribution in [1.29, 1.82) is 0 Å². The summed E-state index contributed by atoms with van der Waals surface area (Å²) in [5.41, 5.74) is 4.36. The molecule has 0 fully saturated rings. The van der Waals surface area contributed by atoms with Gasteiger partial charge in [-0.25, -0.2) is 4.90 Å². The zero-order valence-corrected chi connectivity index (χ0v) is 18.5. The fourth-order valence-corrected chi connectivity index (χ4v) is 3.71. The molecule has 1 heterocycles. The van der Waals surface area contributed by atoms with Crippen molar-refractivity contribution in [1.82, 2.24) is 0 Å². The van der Waals surface area contributed by atoms with E-state index in [-0.39, 0.29) is 11.6 Å². The SMILES string of the molecule is COc1ccc(C)cc1NC1=C(c2ccccc2)C(=O)N(c2ccc(N(C)C)cc2)C1=O. The topological polar surface area (TPSA) is 61.9 Å². The highest BCUT2D eigenvalue weighted by molar-refractivity contribution is 6.46. The molecule has 0 aromatic heterocycles. The Morgan fingerprint density at radius 3 is 2.19 bits per heavy atom. The Morgan fingerprint density at radius 1 is 0.875 bits per heavy atom. The summed E-state index contributed by atoms with van der Waals surface area (Å²) in [6.45, 7) is 1.96. The number of anilines is 3. The Hall–Kier alpha value is -4.06. The van der Waals surface area contributed by atoms with Gasteiger partial charge in [-0.05, 0) is 54.4 Å². The van der Waals surface area contributed by atoms with Crippen molar-refractivity contribution in [2.24, 2.45) is 0 Å². The molecular formula is C26H25N3O3. The van der Waals surface area contributed by atoms with Crippen LogP contribution in [-0.4, -0.2) is 33.0 Å². The van der Waals surface area contributed by atoms with Crippen LogP contribution in [0.15, 0.2) is 78.5 Å². The van der Waals surface area contributed by atoms with E-state index in [1.165, 1.54) is 4.90 Å². The average Bonchev–Trinajstić information content (AvgIpc) is 3.04. The zero-order valence-electron chi connectivity index (χ0n) is 18.5. The van der Waals surface area contributed by atoms with Gasteiger partial charge in [-0.3, -0.25) is 9.59 Å². The zero-order chi connectivity index (χ0) is 22.8. The standard InChI is InChI=1S/C26H25N3O3/c1-17-10-15-22(32-4)21(16-17)27-24-23(18-8-6-5-7-9-18)25(30)29(26(24)31)20-13-11-19(12-14-20)28(2)3/h5-16,27H,1-4H3. The van der Waals surface area contributed by atoms with Crippen LogP contribution >= 0.6 is 0 Å². The third-order valence-corrected chi connectivity index (χ3v) is 5.39. The van der Waals surface area contributed by atoms with Gasteiger partial charge in [0.05, 0.1) is 24.1 Å². The van der Waals surface area contributed by atoms with Crippen LogP contribution in [0.2, 0.25) is 0 Å². The Bertz CT molecular complexity index is 1200. The largest absolute Gasteiger partial charge is 0.495 e. The molecule has 3 aromatic rings. The number of imide groups is 1. The second-order valence-electron chi connectivity index (χ2n) is 7.80. The number of methoxy groups -OCH3 is 1. The predicted octanol–water partition coefficient (Wildman–Crippen LogP) is 4.47. The monoisotopic (exact) mass is 427 g/mol. The Labute approximate surface area is 187 Å². The Balaban J connectivity index is 1.80. The molecule has 0 aliphatic carbocycles. The third kappa shape index (κ3) is 3.83. The molecule has 4 rings (SSSR count). The molecule has 6 nitrogen and oxygen atoms in total. The van der Waals surface area contributed by atoms with Crippen LogP contribution in [0.3, 0.4) is 0 Å². The molecule has 2 amide bonds. The van der Waals surface area contributed by atoms with Crippen molar-refractivity contribution in [3.63, 3.8) is 0 Å². The van der Waals surface area contributed by atoms with Crippen LogP contribution in [0, 0.1) is 6.92 Å². The Kier molecular flexibility index (Phi) is 5.69. The van der Waals surface area contributed by atoms with Gasteiger partial charge in [-0.1, -0.05) is 36.4 Å². The minimum atomic E-state index is -0.407. The molecule has 0 spiro atoms. The van der Waals surface area contributed by atoms with Gasteiger partial charge < -0.3 is 15.0 Å². The van der Waals surface area contributed by atoms with E-state index in [0.717, 1.165) is 11.3 Å². The molecule has 0 radical (unpaired) electrons. The van der Waals surface area contributed by atoms with E-state index in [1.807, 2.05) is 86.6 Å². The van der Waals surface area contributed by atoms with Crippen molar-refractivity contribution in [3.8, 4) is 5.75 Å². The normalized spacial score (nSPS) is 13.6. The molecule has 6 heteroatoms. The second-order valence-corrected chi connectivity index (χ2v) is 7.80. The number of carbonyl (C=O) groups is 2. The summed E-state index contributed by atoms with van der Waals surface area (Å²) in [7, 11) is 5.45. The lowest BCUT2D eigenvalue weighted by atomic mass is 10.0.